The largest absolute Gasteiger partial charge is 0.497 e. The fraction of sp³-hybridized carbons (Fsp3) is 0.250. The fourth-order valence-corrected chi connectivity index (χ4v) is 4.15. The van der Waals surface area contributed by atoms with Crippen LogP contribution < -0.4 is 4.74 Å². The van der Waals surface area contributed by atoms with Crippen LogP contribution in [0.2, 0.25) is 0 Å². The molecule has 0 saturated heterocycles. The zero-order valence-corrected chi connectivity index (χ0v) is 20.6. The number of methoxy groups -OCH3 is 2. The summed E-state index contributed by atoms with van der Waals surface area (Å²) in [6, 6.07) is 17.9. The minimum Gasteiger partial charge on any atom is -0.497 e. The van der Waals surface area contributed by atoms with Crippen molar-refractivity contribution in [2.75, 3.05) is 33.9 Å². The van der Waals surface area contributed by atoms with E-state index in [0.29, 0.717) is 22.6 Å². The van der Waals surface area contributed by atoms with Crippen LogP contribution in [-0.4, -0.2) is 61.4 Å². The van der Waals surface area contributed by atoms with E-state index in [-0.39, 0.29) is 37.6 Å². The van der Waals surface area contributed by atoms with Gasteiger partial charge in [0, 0.05) is 31.2 Å². The van der Waals surface area contributed by atoms with Gasteiger partial charge in [-0.3, -0.25) is 9.59 Å². The highest BCUT2D eigenvalue weighted by Crippen LogP contribution is 2.33. The van der Waals surface area contributed by atoms with Gasteiger partial charge in [0.2, 0.25) is 0 Å². The predicted molar refractivity (Wildman–Crippen MR) is 134 cm³/mol. The Balaban J connectivity index is 1.62. The van der Waals surface area contributed by atoms with Crippen molar-refractivity contribution in [3.8, 4) is 5.75 Å². The van der Waals surface area contributed by atoms with Crippen molar-refractivity contribution in [3.63, 3.8) is 0 Å². The Bertz CT molecular complexity index is 1280. The maximum absolute atomic E-state index is 14.5. The summed E-state index contributed by atoms with van der Waals surface area (Å²) in [5.74, 6) is -1.08. The Kier molecular flexibility index (Phi) is 8.25. The molecule has 1 aliphatic heterocycles. The molecule has 3 aromatic carbocycles. The first kappa shape index (κ1) is 26.0. The monoisotopic (exact) mass is 507 g/mol. The van der Waals surface area contributed by atoms with E-state index < -0.39 is 23.6 Å². The number of benzene rings is 3. The fourth-order valence-electron chi connectivity index (χ4n) is 4.15. The molecule has 7 nitrogen and oxygen atoms in total. The van der Waals surface area contributed by atoms with Gasteiger partial charge in [-0.25, -0.2) is 13.8 Å². The van der Waals surface area contributed by atoms with E-state index in [4.69, 9.17) is 9.47 Å². The standard InChI is InChI=1S/C28H27F2N3O4/c1-36-16-15-32(28(35)20-9-13-22(37-2)14-10-20)18-27(34)33-26(19-7-11-21(29)12-8-19)17-25(31-33)23-5-3-4-6-24(23)30/h3-14,26H,15-18H2,1-2H3/t26-/m0/s1. The Morgan fingerprint density at radius 3 is 2.35 bits per heavy atom. The van der Waals surface area contributed by atoms with Crippen LogP contribution in [-0.2, 0) is 9.53 Å². The summed E-state index contributed by atoms with van der Waals surface area (Å²) >= 11 is 0. The number of hydrogen-bond donors (Lipinski definition) is 0. The van der Waals surface area contributed by atoms with Crippen LogP contribution in [0.15, 0.2) is 77.9 Å². The molecule has 37 heavy (non-hydrogen) atoms. The highest BCUT2D eigenvalue weighted by atomic mass is 19.1. The first-order valence-electron chi connectivity index (χ1n) is 11.7. The van der Waals surface area contributed by atoms with Gasteiger partial charge in [0.15, 0.2) is 0 Å². The van der Waals surface area contributed by atoms with Crippen LogP contribution in [0.25, 0.3) is 0 Å². The molecule has 0 bridgehead atoms. The molecule has 0 unspecified atom stereocenters. The zero-order valence-electron chi connectivity index (χ0n) is 20.6. The molecule has 192 valence electrons. The zero-order chi connectivity index (χ0) is 26.4. The van der Waals surface area contributed by atoms with Crippen molar-refractivity contribution in [2.24, 2.45) is 5.10 Å². The molecule has 4 rings (SSSR count). The lowest BCUT2D eigenvalue weighted by Crippen LogP contribution is -2.42. The number of carbonyl (C=O) groups excluding carboxylic acids is 2. The van der Waals surface area contributed by atoms with Crippen molar-refractivity contribution in [2.45, 2.75) is 12.5 Å². The molecule has 0 N–H and O–H groups in total. The van der Waals surface area contributed by atoms with E-state index in [9.17, 15) is 18.4 Å². The number of halogens is 2. The van der Waals surface area contributed by atoms with Crippen LogP contribution in [0.3, 0.4) is 0 Å². The number of ether oxygens (including phenoxy) is 2. The normalized spacial score (nSPS) is 14.9. The predicted octanol–water partition coefficient (Wildman–Crippen LogP) is 4.44. The average Bonchev–Trinajstić information content (AvgIpc) is 3.36. The van der Waals surface area contributed by atoms with Gasteiger partial charge in [0.25, 0.3) is 11.8 Å². The van der Waals surface area contributed by atoms with Crippen LogP contribution in [0.1, 0.15) is 33.9 Å². The second-order valence-electron chi connectivity index (χ2n) is 8.48. The summed E-state index contributed by atoms with van der Waals surface area (Å²) in [4.78, 5) is 28.2. The number of amides is 2. The SMILES string of the molecule is COCCN(CC(=O)N1N=C(c2ccccc2F)C[C@H]1c1ccc(F)cc1)C(=O)c1ccc(OC)cc1. The quantitative estimate of drug-likeness (QED) is 0.429. The van der Waals surface area contributed by atoms with Gasteiger partial charge in [-0.1, -0.05) is 30.3 Å². The molecule has 3 aromatic rings. The molecule has 2 amide bonds. The maximum atomic E-state index is 14.5. The minimum atomic E-state index is -0.580. The van der Waals surface area contributed by atoms with Gasteiger partial charge in [-0.05, 0) is 48.0 Å². The number of nitrogens with zero attached hydrogens (tertiary/aromatic N) is 3. The second-order valence-corrected chi connectivity index (χ2v) is 8.48. The molecule has 0 aromatic heterocycles. The summed E-state index contributed by atoms with van der Waals surface area (Å²) in [6.07, 6.45) is 0.239. The van der Waals surface area contributed by atoms with E-state index in [1.807, 2.05) is 0 Å². The molecule has 0 saturated carbocycles. The topological polar surface area (TPSA) is 71.4 Å². The highest BCUT2D eigenvalue weighted by Gasteiger charge is 2.35. The summed E-state index contributed by atoms with van der Waals surface area (Å²) in [6.45, 7) is 0.117. The molecule has 1 heterocycles. The van der Waals surface area contributed by atoms with E-state index in [2.05, 4.69) is 5.10 Å². The van der Waals surface area contributed by atoms with Crippen molar-refractivity contribution < 1.29 is 27.8 Å². The van der Waals surface area contributed by atoms with Crippen LogP contribution in [0.5, 0.6) is 5.75 Å². The van der Waals surface area contributed by atoms with E-state index in [1.165, 1.54) is 42.3 Å². The molecule has 0 fully saturated rings. The summed E-state index contributed by atoms with van der Waals surface area (Å²) in [7, 11) is 3.04. The number of hydrazone groups is 1. The lowest BCUT2D eigenvalue weighted by molar-refractivity contribution is -0.133. The van der Waals surface area contributed by atoms with Gasteiger partial charge in [0.05, 0.1) is 25.5 Å². The third kappa shape index (κ3) is 6.00. The summed E-state index contributed by atoms with van der Waals surface area (Å²) in [5.41, 5.74) is 1.72. The number of hydrogen-bond acceptors (Lipinski definition) is 5. The molecular weight excluding hydrogens is 480 g/mol. The van der Waals surface area contributed by atoms with Crippen LogP contribution >= 0.6 is 0 Å². The van der Waals surface area contributed by atoms with Crippen molar-refractivity contribution in [3.05, 3.63) is 101 Å². The summed E-state index contributed by atoms with van der Waals surface area (Å²) < 4.78 is 38.4. The number of rotatable bonds is 9. The lowest BCUT2D eigenvalue weighted by atomic mass is 9.98. The minimum absolute atomic E-state index is 0.173. The van der Waals surface area contributed by atoms with E-state index in [0.717, 1.165) is 0 Å². The van der Waals surface area contributed by atoms with Gasteiger partial charge in [-0.2, -0.15) is 5.10 Å². The first-order valence-corrected chi connectivity index (χ1v) is 11.7. The summed E-state index contributed by atoms with van der Waals surface area (Å²) in [5, 5.41) is 5.73. The molecule has 1 atom stereocenters. The van der Waals surface area contributed by atoms with E-state index in [1.54, 1.807) is 54.6 Å². The Hall–Kier alpha value is -4.11. The van der Waals surface area contributed by atoms with Gasteiger partial charge < -0.3 is 14.4 Å². The Morgan fingerprint density at radius 1 is 1.00 bits per heavy atom. The van der Waals surface area contributed by atoms with E-state index >= 15 is 0 Å². The third-order valence-electron chi connectivity index (χ3n) is 6.12. The van der Waals surface area contributed by atoms with Gasteiger partial charge in [-0.15, -0.1) is 0 Å². The lowest BCUT2D eigenvalue weighted by Gasteiger charge is -2.27. The molecule has 0 radical (unpaired) electrons. The van der Waals surface area contributed by atoms with Crippen molar-refractivity contribution in [1.82, 2.24) is 9.91 Å². The molecule has 0 spiro atoms. The molecule has 9 heteroatoms. The van der Waals surface area contributed by atoms with Crippen LogP contribution in [0.4, 0.5) is 8.78 Å². The smallest absolute Gasteiger partial charge is 0.262 e. The molecule has 1 aliphatic rings. The molecular formula is C28H27F2N3O4. The van der Waals surface area contributed by atoms with Crippen molar-refractivity contribution in [1.29, 1.82) is 0 Å². The Labute approximate surface area is 213 Å². The molecule has 0 aliphatic carbocycles. The van der Waals surface area contributed by atoms with Crippen LogP contribution in [0, 0.1) is 11.6 Å². The number of carbonyl (C=O) groups is 2. The van der Waals surface area contributed by atoms with Gasteiger partial charge in [0.1, 0.15) is 23.9 Å². The maximum Gasteiger partial charge on any atom is 0.262 e. The van der Waals surface area contributed by atoms with Gasteiger partial charge >= 0.3 is 0 Å². The average molecular weight is 508 g/mol. The van der Waals surface area contributed by atoms with Crippen molar-refractivity contribution >= 4 is 17.5 Å². The first-order chi connectivity index (χ1) is 17.9. The second kappa shape index (κ2) is 11.7. The third-order valence-corrected chi connectivity index (χ3v) is 6.12. The Morgan fingerprint density at radius 2 is 1.70 bits per heavy atom. The highest BCUT2D eigenvalue weighted by molar-refractivity contribution is 6.04.